The molecule has 148 valence electrons. The van der Waals surface area contributed by atoms with Gasteiger partial charge in [-0.25, -0.2) is 0 Å². The van der Waals surface area contributed by atoms with E-state index in [2.05, 4.69) is 20.5 Å². The standard InChI is InChI=1S/C22H28N4O2/c1-15-21(19(11-12-24-15)16-7-5-4-6-8-16)22(28)25-14-18-10-9-17(26(18)3)13-20(27)23-2/h4-8,11-12,17-18H,9-10,13-14H2,1-3H3,(H,23,27)(H,25,28)/t17-,18+/m1/s1. The first-order chi connectivity index (χ1) is 13.5. The van der Waals surface area contributed by atoms with E-state index in [-0.39, 0.29) is 23.9 Å². The lowest BCUT2D eigenvalue weighted by Crippen LogP contribution is -2.42. The number of benzene rings is 1. The smallest absolute Gasteiger partial charge is 0.253 e. The molecule has 0 radical (unpaired) electrons. The Balaban J connectivity index is 1.69. The lowest BCUT2D eigenvalue weighted by molar-refractivity contribution is -0.121. The number of aromatic nitrogens is 1. The molecule has 1 aromatic carbocycles. The van der Waals surface area contributed by atoms with Crippen molar-refractivity contribution >= 4 is 11.8 Å². The van der Waals surface area contributed by atoms with Crippen LogP contribution in [0.2, 0.25) is 0 Å². The van der Waals surface area contributed by atoms with Gasteiger partial charge in [0.05, 0.1) is 11.3 Å². The van der Waals surface area contributed by atoms with Gasteiger partial charge in [0.15, 0.2) is 0 Å². The maximum atomic E-state index is 13.0. The number of carbonyl (C=O) groups excluding carboxylic acids is 2. The van der Waals surface area contributed by atoms with Crippen LogP contribution in [-0.4, -0.2) is 54.4 Å². The Morgan fingerprint density at radius 2 is 1.86 bits per heavy atom. The summed E-state index contributed by atoms with van der Waals surface area (Å²) in [7, 11) is 3.69. The van der Waals surface area contributed by atoms with Crippen LogP contribution in [0.15, 0.2) is 42.6 Å². The minimum absolute atomic E-state index is 0.0556. The van der Waals surface area contributed by atoms with Crippen molar-refractivity contribution in [3.8, 4) is 11.1 Å². The summed E-state index contributed by atoms with van der Waals surface area (Å²) in [6.07, 6.45) is 4.17. The third kappa shape index (κ3) is 4.39. The summed E-state index contributed by atoms with van der Waals surface area (Å²) in [6, 6.07) is 12.2. The van der Waals surface area contributed by atoms with Gasteiger partial charge in [0.25, 0.3) is 5.91 Å². The van der Waals surface area contributed by atoms with Gasteiger partial charge in [0, 0.05) is 38.3 Å². The minimum atomic E-state index is -0.104. The molecule has 1 saturated heterocycles. The molecule has 0 aliphatic carbocycles. The number of likely N-dealkylation sites (N-methyl/N-ethyl adjacent to an activating group) is 1. The Kier molecular flexibility index (Phi) is 6.41. The lowest BCUT2D eigenvalue weighted by Gasteiger charge is -2.25. The van der Waals surface area contributed by atoms with Crippen molar-refractivity contribution in [2.24, 2.45) is 0 Å². The summed E-state index contributed by atoms with van der Waals surface area (Å²) in [5, 5.41) is 5.77. The molecule has 1 aromatic heterocycles. The Bertz CT molecular complexity index is 838. The first-order valence-corrected chi connectivity index (χ1v) is 9.73. The monoisotopic (exact) mass is 380 g/mol. The summed E-state index contributed by atoms with van der Waals surface area (Å²) in [6.45, 7) is 2.42. The van der Waals surface area contributed by atoms with Gasteiger partial charge in [0.1, 0.15) is 0 Å². The summed E-state index contributed by atoms with van der Waals surface area (Å²) in [4.78, 5) is 31.2. The number of hydrogen-bond acceptors (Lipinski definition) is 4. The van der Waals surface area contributed by atoms with E-state index in [1.807, 2.05) is 50.4 Å². The Morgan fingerprint density at radius 3 is 2.57 bits per heavy atom. The number of carbonyl (C=O) groups is 2. The van der Waals surface area contributed by atoms with Gasteiger partial charge < -0.3 is 10.6 Å². The summed E-state index contributed by atoms with van der Waals surface area (Å²) in [5.74, 6) is -0.0485. The molecule has 6 heteroatoms. The van der Waals surface area contributed by atoms with Crippen molar-refractivity contribution in [3.05, 3.63) is 53.9 Å². The van der Waals surface area contributed by atoms with Crippen molar-refractivity contribution in [2.45, 2.75) is 38.3 Å². The van der Waals surface area contributed by atoms with Crippen molar-refractivity contribution in [1.29, 1.82) is 0 Å². The summed E-state index contributed by atoms with van der Waals surface area (Å²) >= 11 is 0. The highest BCUT2D eigenvalue weighted by atomic mass is 16.2. The zero-order valence-electron chi connectivity index (χ0n) is 16.7. The van der Waals surface area contributed by atoms with E-state index in [0.717, 1.165) is 29.7 Å². The minimum Gasteiger partial charge on any atom is -0.359 e. The van der Waals surface area contributed by atoms with Crippen molar-refractivity contribution in [3.63, 3.8) is 0 Å². The van der Waals surface area contributed by atoms with Gasteiger partial charge in [-0.3, -0.25) is 19.5 Å². The highest BCUT2D eigenvalue weighted by molar-refractivity contribution is 6.01. The van der Waals surface area contributed by atoms with Gasteiger partial charge in [-0.1, -0.05) is 30.3 Å². The molecule has 28 heavy (non-hydrogen) atoms. The van der Waals surface area contributed by atoms with Crippen LogP contribution >= 0.6 is 0 Å². The van der Waals surface area contributed by atoms with Crippen LogP contribution in [0.25, 0.3) is 11.1 Å². The summed E-state index contributed by atoms with van der Waals surface area (Å²) < 4.78 is 0. The number of hydrogen-bond donors (Lipinski definition) is 2. The second kappa shape index (κ2) is 8.97. The molecule has 2 N–H and O–H groups in total. The number of nitrogens with zero attached hydrogens (tertiary/aromatic N) is 2. The predicted octanol–water partition coefficient (Wildman–Crippen LogP) is 2.39. The van der Waals surface area contributed by atoms with Gasteiger partial charge in [0.2, 0.25) is 5.91 Å². The fraction of sp³-hybridized carbons (Fsp3) is 0.409. The maximum Gasteiger partial charge on any atom is 0.253 e. The Labute approximate surface area is 166 Å². The molecular weight excluding hydrogens is 352 g/mol. The molecular formula is C22H28N4O2. The zero-order valence-corrected chi connectivity index (χ0v) is 16.7. The topological polar surface area (TPSA) is 74.3 Å². The first kappa shape index (κ1) is 20.0. The van der Waals surface area contributed by atoms with Crippen molar-refractivity contribution in [1.82, 2.24) is 20.5 Å². The molecule has 2 aromatic rings. The molecule has 1 aliphatic rings. The van der Waals surface area contributed by atoms with Gasteiger partial charge in [-0.05, 0) is 44.0 Å². The van der Waals surface area contributed by atoms with Crippen LogP contribution in [0.1, 0.15) is 35.3 Å². The lowest BCUT2D eigenvalue weighted by atomic mass is 9.99. The number of pyridine rings is 1. The molecule has 0 bridgehead atoms. The van der Waals surface area contributed by atoms with Gasteiger partial charge in [-0.15, -0.1) is 0 Å². The van der Waals surface area contributed by atoms with E-state index in [9.17, 15) is 9.59 Å². The van der Waals surface area contributed by atoms with E-state index >= 15 is 0 Å². The normalized spacial score (nSPS) is 19.4. The molecule has 1 fully saturated rings. The van der Waals surface area contributed by atoms with E-state index in [1.165, 1.54) is 0 Å². The number of likely N-dealkylation sites (tertiary alicyclic amines) is 1. The predicted molar refractivity (Wildman–Crippen MR) is 110 cm³/mol. The number of amides is 2. The van der Waals surface area contributed by atoms with Gasteiger partial charge >= 0.3 is 0 Å². The molecule has 2 amide bonds. The Hall–Kier alpha value is -2.73. The molecule has 0 unspecified atom stereocenters. The molecule has 3 rings (SSSR count). The first-order valence-electron chi connectivity index (χ1n) is 9.73. The third-order valence-electron chi connectivity index (χ3n) is 5.64. The van der Waals surface area contributed by atoms with Crippen LogP contribution in [-0.2, 0) is 4.79 Å². The number of nitrogens with one attached hydrogen (secondary N) is 2. The zero-order chi connectivity index (χ0) is 20.1. The maximum absolute atomic E-state index is 13.0. The summed E-state index contributed by atoms with van der Waals surface area (Å²) in [5.41, 5.74) is 3.23. The van der Waals surface area contributed by atoms with Crippen molar-refractivity contribution in [2.75, 3.05) is 20.6 Å². The van der Waals surface area contributed by atoms with E-state index in [0.29, 0.717) is 18.5 Å². The second-order valence-corrected chi connectivity index (χ2v) is 7.32. The van der Waals surface area contributed by atoms with E-state index < -0.39 is 0 Å². The van der Waals surface area contributed by atoms with Crippen molar-refractivity contribution < 1.29 is 9.59 Å². The van der Waals surface area contributed by atoms with Crippen LogP contribution < -0.4 is 10.6 Å². The third-order valence-corrected chi connectivity index (χ3v) is 5.64. The van der Waals surface area contributed by atoms with E-state index in [4.69, 9.17) is 0 Å². The van der Waals surface area contributed by atoms with Crippen LogP contribution in [0.3, 0.4) is 0 Å². The molecule has 2 heterocycles. The molecule has 0 saturated carbocycles. The van der Waals surface area contributed by atoms with E-state index in [1.54, 1.807) is 13.2 Å². The Morgan fingerprint density at radius 1 is 1.14 bits per heavy atom. The van der Waals surface area contributed by atoms with Crippen LogP contribution in [0.5, 0.6) is 0 Å². The SMILES string of the molecule is CNC(=O)C[C@H]1CC[C@@H](CNC(=O)c2c(-c3ccccc3)ccnc2C)N1C. The van der Waals surface area contributed by atoms with Gasteiger partial charge in [-0.2, -0.15) is 0 Å². The largest absolute Gasteiger partial charge is 0.359 e. The highest BCUT2D eigenvalue weighted by Crippen LogP contribution is 2.26. The van der Waals surface area contributed by atoms with Crippen LogP contribution in [0.4, 0.5) is 0 Å². The molecule has 2 atom stereocenters. The molecule has 6 nitrogen and oxygen atoms in total. The average Bonchev–Trinajstić information content (AvgIpc) is 3.06. The average molecular weight is 380 g/mol. The molecule has 0 spiro atoms. The molecule has 1 aliphatic heterocycles. The quantitative estimate of drug-likeness (QED) is 0.807. The number of rotatable bonds is 6. The van der Waals surface area contributed by atoms with Crippen LogP contribution in [0, 0.1) is 6.92 Å². The second-order valence-electron chi connectivity index (χ2n) is 7.32. The highest BCUT2D eigenvalue weighted by Gasteiger charge is 2.32. The fourth-order valence-corrected chi connectivity index (χ4v) is 3.91. The number of aryl methyl sites for hydroxylation is 1. The fourth-order valence-electron chi connectivity index (χ4n) is 3.91.